The van der Waals surface area contributed by atoms with E-state index in [1.807, 2.05) is 56.3 Å². The number of rotatable bonds is 2. The smallest absolute Gasteiger partial charge is 0.115 e. The number of benzene rings is 2. The molecule has 0 atom stereocenters. The van der Waals surface area contributed by atoms with Crippen LogP contribution in [0.25, 0.3) is 11.1 Å². The van der Waals surface area contributed by atoms with Crippen LogP contribution in [0.3, 0.4) is 0 Å². The lowest BCUT2D eigenvalue weighted by Crippen LogP contribution is -2.19. The summed E-state index contributed by atoms with van der Waals surface area (Å²) in [4.78, 5) is 0. The van der Waals surface area contributed by atoms with Crippen molar-refractivity contribution in [2.24, 2.45) is 17.8 Å². The molecule has 0 saturated heterocycles. The molecule has 0 unspecified atom stereocenters. The van der Waals surface area contributed by atoms with E-state index >= 15 is 0 Å². The molecule has 0 radical (unpaired) electrons. The van der Waals surface area contributed by atoms with Crippen molar-refractivity contribution < 1.29 is 15.7 Å². The van der Waals surface area contributed by atoms with E-state index in [1.54, 1.807) is 12.1 Å². The third-order valence-corrected chi connectivity index (χ3v) is 6.90. The van der Waals surface area contributed by atoms with Crippen molar-refractivity contribution in [3.8, 4) is 16.9 Å². The van der Waals surface area contributed by atoms with Crippen LogP contribution in [0.2, 0.25) is 0 Å². The van der Waals surface area contributed by atoms with Crippen molar-refractivity contribution in [3.63, 3.8) is 0 Å². The molecular formula is C30H48O3. The van der Waals surface area contributed by atoms with Crippen LogP contribution >= 0.6 is 0 Å². The van der Waals surface area contributed by atoms with E-state index in [0.717, 1.165) is 36.2 Å². The number of phenols is 1. The van der Waals surface area contributed by atoms with Gasteiger partial charge in [0.1, 0.15) is 5.75 Å². The van der Waals surface area contributed by atoms with Crippen molar-refractivity contribution in [1.82, 2.24) is 0 Å². The standard InChI is InChI=1S/C12H10O.C9H16O.C7H14.C2H6.H2O/c13-12-8-6-11(7-9-12)10-4-2-1-3-5-10;10-9-5-3-8(4-6-9)7-1-2-7;1-7-5-3-2-4-6-7;1-2;/h1-9,13H;7-10H,1-6H2;7H,2-6H2,1H3;1-2H3;1H2. The molecule has 5 rings (SSSR count). The topological polar surface area (TPSA) is 72.0 Å². The lowest BCUT2D eigenvalue weighted by Gasteiger charge is -2.24. The van der Waals surface area contributed by atoms with Gasteiger partial charge in [0.15, 0.2) is 0 Å². The van der Waals surface area contributed by atoms with Crippen molar-refractivity contribution >= 4 is 0 Å². The third-order valence-electron chi connectivity index (χ3n) is 6.90. The van der Waals surface area contributed by atoms with Gasteiger partial charge in [0, 0.05) is 0 Å². The van der Waals surface area contributed by atoms with Gasteiger partial charge in [0.2, 0.25) is 0 Å². The number of aromatic hydroxyl groups is 1. The predicted molar refractivity (Wildman–Crippen MR) is 141 cm³/mol. The molecule has 3 fully saturated rings. The van der Waals surface area contributed by atoms with E-state index in [4.69, 9.17) is 5.11 Å². The van der Waals surface area contributed by atoms with Crippen molar-refractivity contribution in [3.05, 3.63) is 54.6 Å². The lowest BCUT2D eigenvalue weighted by molar-refractivity contribution is 0.103. The maximum absolute atomic E-state index is 9.23. The van der Waals surface area contributed by atoms with Crippen LogP contribution in [-0.2, 0) is 0 Å². The van der Waals surface area contributed by atoms with E-state index in [9.17, 15) is 5.11 Å². The largest absolute Gasteiger partial charge is 0.508 e. The highest BCUT2D eigenvalue weighted by Crippen LogP contribution is 2.43. The van der Waals surface area contributed by atoms with Gasteiger partial charge in [-0.3, -0.25) is 0 Å². The second-order valence-corrected chi connectivity index (χ2v) is 9.56. The molecule has 3 heteroatoms. The Morgan fingerprint density at radius 2 is 1.06 bits per heavy atom. The first-order valence-corrected chi connectivity index (χ1v) is 13.1. The van der Waals surface area contributed by atoms with Crippen LogP contribution in [0.15, 0.2) is 54.6 Å². The summed E-state index contributed by atoms with van der Waals surface area (Å²) < 4.78 is 0. The van der Waals surface area contributed by atoms with Gasteiger partial charge in [0.05, 0.1) is 6.10 Å². The first kappa shape index (κ1) is 29.2. The number of hydrogen-bond donors (Lipinski definition) is 2. The van der Waals surface area contributed by atoms with Crippen molar-refractivity contribution in [1.29, 1.82) is 0 Å². The summed E-state index contributed by atoms with van der Waals surface area (Å²) in [5.74, 6) is 3.39. The second-order valence-electron chi connectivity index (χ2n) is 9.56. The maximum Gasteiger partial charge on any atom is 0.115 e. The molecule has 0 spiro atoms. The molecule has 33 heavy (non-hydrogen) atoms. The first-order chi connectivity index (χ1) is 15.6. The molecule has 4 N–H and O–H groups in total. The summed E-state index contributed by atoms with van der Waals surface area (Å²) in [6.07, 6.45) is 15.2. The first-order valence-electron chi connectivity index (χ1n) is 13.1. The molecule has 0 aromatic heterocycles. The highest BCUT2D eigenvalue weighted by molar-refractivity contribution is 5.63. The summed E-state index contributed by atoms with van der Waals surface area (Å²) in [5, 5.41) is 18.3. The zero-order valence-corrected chi connectivity index (χ0v) is 21.2. The van der Waals surface area contributed by atoms with E-state index < -0.39 is 0 Å². The van der Waals surface area contributed by atoms with Crippen LogP contribution in [0.5, 0.6) is 5.75 Å². The molecule has 186 valence electrons. The Bertz CT molecular complexity index is 695. The average Bonchev–Trinajstić information content (AvgIpc) is 3.69. The van der Waals surface area contributed by atoms with Gasteiger partial charge >= 0.3 is 0 Å². The number of aliphatic hydroxyl groups excluding tert-OH is 1. The molecule has 2 aromatic carbocycles. The molecule has 0 bridgehead atoms. The normalized spacial score (nSPS) is 22.1. The number of phenolic OH excluding ortho intramolecular Hbond substituents is 1. The maximum atomic E-state index is 9.23. The van der Waals surface area contributed by atoms with Crippen LogP contribution in [0, 0.1) is 17.8 Å². The molecule has 3 aliphatic carbocycles. The highest BCUT2D eigenvalue weighted by Gasteiger charge is 2.33. The van der Waals surface area contributed by atoms with Crippen LogP contribution in [0.4, 0.5) is 0 Å². The van der Waals surface area contributed by atoms with E-state index in [1.165, 1.54) is 63.4 Å². The molecule has 3 saturated carbocycles. The van der Waals surface area contributed by atoms with Gasteiger partial charge < -0.3 is 15.7 Å². The molecule has 0 aliphatic heterocycles. The molecule has 0 heterocycles. The Balaban J connectivity index is 0.000000244. The van der Waals surface area contributed by atoms with Gasteiger partial charge in [0.25, 0.3) is 0 Å². The molecule has 2 aromatic rings. The fourth-order valence-electron chi connectivity index (χ4n) is 4.73. The fraction of sp³-hybridized carbons (Fsp3) is 0.600. The average molecular weight is 457 g/mol. The highest BCUT2D eigenvalue weighted by atomic mass is 16.3. The monoisotopic (exact) mass is 456 g/mol. The zero-order chi connectivity index (χ0) is 23.2. The SMILES string of the molecule is CC.CC1CCCCC1.O.OC1CCC(C2CC2)CC1.Oc1ccc(-c2ccccc2)cc1. The lowest BCUT2D eigenvalue weighted by atomic mass is 9.84. The van der Waals surface area contributed by atoms with Gasteiger partial charge in [-0.05, 0) is 79.5 Å². The predicted octanol–water partition coefficient (Wildman–Crippen LogP) is 7.79. The van der Waals surface area contributed by atoms with Crippen LogP contribution < -0.4 is 0 Å². The summed E-state index contributed by atoms with van der Waals surface area (Å²) in [7, 11) is 0. The Kier molecular flexibility index (Phi) is 14.8. The molecular weight excluding hydrogens is 408 g/mol. The number of hydrogen-bond acceptors (Lipinski definition) is 2. The van der Waals surface area contributed by atoms with Crippen LogP contribution in [-0.4, -0.2) is 21.8 Å². The summed E-state index contributed by atoms with van der Waals surface area (Å²) in [6.45, 7) is 6.36. The van der Waals surface area contributed by atoms with E-state index in [-0.39, 0.29) is 11.6 Å². The minimum Gasteiger partial charge on any atom is -0.508 e. The van der Waals surface area contributed by atoms with Gasteiger partial charge in [-0.2, -0.15) is 0 Å². The Morgan fingerprint density at radius 3 is 1.48 bits per heavy atom. The van der Waals surface area contributed by atoms with Crippen LogP contribution in [0.1, 0.15) is 91.4 Å². The Hall–Kier alpha value is -1.84. The summed E-state index contributed by atoms with van der Waals surface area (Å²) in [5.41, 5.74) is 2.29. The third kappa shape index (κ3) is 11.7. The second kappa shape index (κ2) is 16.7. The van der Waals surface area contributed by atoms with E-state index in [2.05, 4.69) is 6.92 Å². The van der Waals surface area contributed by atoms with Crippen molar-refractivity contribution in [2.45, 2.75) is 97.5 Å². The fourth-order valence-corrected chi connectivity index (χ4v) is 4.73. The summed E-state index contributed by atoms with van der Waals surface area (Å²) in [6, 6.07) is 17.3. The molecule has 3 aliphatic rings. The minimum absolute atomic E-state index is 0. The van der Waals surface area contributed by atoms with Gasteiger partial charge in [-0.1, -0.05) is 95.3 Å². The zero-order valence-electron chi connectivity index (χ0n) is 21.2. The minimum atomic E-state index is 0. The van der Waals surface area contributed by atoms with Crippen molar-refractivity contribution in [2.75, 3.05) is 0 Å². The van der Waals surface area contributed by atoms with E-state index in [0.29, 0.717) is 5.75 Å². The Labute approximate surface area is 202 Å². The number of aliphatic hydroxyl groups is 1. The molecule has 3 nitrogen and oxygen atoms in total. The van der Waals surface area contributed by atoms with Gasteiger partial charge in [-0.25, -0.2) is 0 Å². The summed E-state index contributed by atoms with van der Waals surface area (Å²) >= 11 is 0. The Morgan fingerprint density at radius 1 is 0.606 bits per heavy atom. The van der Waals surface area contributed by atoms with Gasteiger partial charge in [-0.15, -0.1) is 0 Å². The quantitative estimate of drug-likeness (QED) is 0.484. The molecule has 0 amide bonds.